The Labute approximate surface area is 196 Å². The first kappa shape index (κ1) is 24.1. The van der Waals surface area contributed by atoms with Crippen LogP contribution in [0.15, 0.2) is 70.9 Å². The minimum absolute atomic E-state index is 0.197. The fourth-order valence-corrected chi connectivity index (χ4v) is 2.94. The van der Waals surface area contributed by atoms with Crippen LogP contribution in [0.4, 0.5) is 11.4 Å². The molecule has 0 atom stereocenters. The smallest absolute Gasteiger partial charge is 0.363 e. The molecule has 0 unspecified atom stereocenters. The molecule has 176 valence electrons. The van der Waals surface area contributed by atoms with E-state index >= 15 is 0 Å². The number of rotatable bonds is 9. The maximum absolute atomic E-state index is 12.5. The van der Waals surface area contributed by atoms with E-state index in [0.717, 1.165) is 0 Å². The van der Waals surface area contributed by atoms with E-state index in [1.165, 1.54) is 40.6 Å². The second kappa shape index (κ2) is 11.3. The molecule has 0 aliphatic heterocycles. The van der Waals surface area contributed by atoms with E-state index in [9.17, 15) is 9.59 Å². The summed E-state index contributed by atoms with van der Waals surface area (Å²) in [5.74, 6) is 0.241. The first-order chi connectivity index (χ1) is 16.5. The lowest BCUT2D eigenvalue weighted by molar-refractivity contribution is 0.0595. The zero-order valence-corrected chi connectivity index (χ0v) is 19.0. The summed E-state index contributed by atoms with van der Waals surface area (Å²) in [6, 6.07) is 16.1. The first-order valence-electron chi connectivity index (χ1n) is 9.97. The molecule has 1 amide bonds. The van der Waals surface area contributed by atoms with Crippen molar-refractivity contribution in [2.75, 3.05) is 33.9 Å². The summed E-state index contributed by atoms with van der Waals surface area (Å²) in [5.41, 5.74) is 3.99. The summed E-state index contributed by atoms with van der Waals surface area (Å²) in [7, 11) is 5.85. The van der Waals surface area contributed by atoms with E-state index in [1.807, 2.05) is 0 Å². The van der Waals surface area contributed by atoms with Gasteiger partial charge in [-0.3, -0.25) is 4.79 Å². The number of para-hydroxylation sites is 1. The van der Waals surface area contributed by atoms with Gasteiger partial charge >= 0.3 is 5.97 Å². The molecular formula is C24H23N3O7. The quantitative estimate of drug-likeness (QED) is 0.353. The van der Waals surface area contributed by atoms with Crippen LogP contribution in [0.25, 0.3) is 0 Å². The summed E-state index contributed by atoms with van der Waals surface area (Å²) >= 11 is 0. The van der Waals surface area contributed by atoms with Gasteiger partial charge in [0.05, 0.1) is 50.9 Å². The van der Waals surface area contributed by atoms with Crippen LogP contribution in [-0.4, -0.2) is 40.3 Å². The van der Waals surface area contributed by atoms with Gasteiger partial charge in [-0.05, 0) is 48.5 Å². The third-order valence-electron chi connectivity index (χ3n) is 4.62. The van der Waals surface area contributed by atoms with E-state index in [1.54, 1.807) is 48.5 Å². The molecule has 1 N–H and O–H groups in total. The third-order valence-corrected chi connectivity index (χ3v) is 4.62. The van der Waals surface area contributed by atoms with Crippen molar-refractivity contribution in [3.8, 4) is 23.0 Å². The van der Waals surface area contributed by atoms with E-state index < -0.39 is 11.9 Å². The van der Waals surface area contributed by atoms with Crippen molar-refractivity contribution in [3.63, 3.8) is 0 Å². The Kier molecular flexibility index (Phi) is 8.01. The summed E-state index contributed by atoms with van der Waals surface area (Å²) in [6.45, 7) is 0. The van der Waals surface area contributed by atoms with Crippen LogP contribution >= 0.6 is 0 Å². The zero-order valence-electron chi connectivity index (χ0n) is 19.0. The van der Waals surface area contributed by atoms with Crippen LogP contribution in [0.2, 0.25) is 0 Å². The molecule has 0 heterocycles. The maximum Gasteiger partial charge on any atom is 0.363 e. The van der Waals surface area contributed by atoms with Gasteiger partial charge in [-0.15, -0.1) is 10.2 Å². The SMILES string of the molecule is COc1ccccc1C(=O)N=Nc1ccc(NOC(=O)c2cc(OC)c(OC)c(OC)c2)cc1. The Morgan fingerprint density at radius 1 is 0.765 bits per heavy atom. The third kappa shape index (κ3) is 5.60. The predicted octanol–water partition coefficient (Wildman–Crippen LogP) is 4.83. The van der Waals surface area contributed by atoms with Crippen molar-refractivity contribution >= 4 is 23.3 Å². The van der Waals surface area contributed by atoms with Gasteiger partial charge in [0.15, 0.2) is 11.5 Å². The van der Waals surface area contributed by atoms with E-state index in [2.05, 4.69) is 15.7 Å². The largest absolute Gasteiger partial charge is 0.496 e. The molecule has 0 aromatic heterocycles. The first-order valence-corrected chi connectivity index (χ1v) is 9.97. The monoisotopic (exact) mass is 465 g/mol. The van der Waals surface area contributed by atoms with E-state index in [-0.39, 0.29) is 5.56 Å². The Bertz CT molecular complexity index is 1170. The summed E-state index contributed by atoms with van der Waals surface area (Å²) in [4.78, 5) is 29.9. The van der Waals surface area contributed by atoms with Crippen LogP contribution < -0.4 is 24.4 Å². The number of amides is 1. The maximum atomic E-state index is 12.5. The number of methoxy groups -OCH3 is 4. The van der Waals surface area contributed by atoms with Crippen LogP contribution in [0, 0.1) is 0 Å². The molecule has 0 aliphatic rings. The molecule has 0 saturated carbocycles. The van der Waals surface area contributed by atoms with Crippen LogP contribution in [0.5, 0.6) is 23.0 Å². The van der Waals surface area contributed by atoms with Gasteiger partial charge < -0.3 is 23.8 Å². The highest BCUT2D eigenvalue weighted by atomic mass is 16.7. The lowest BCUT2D eigenvalue weighted by atomic mass is 10.2. The average Bonchev–Trinajstić information content (AvgIpc) is 2.89. The second-order valence-corrected chi connectivity index (χ2v) is 6.66. The van der Waals surface area contributed by atoms with Crippen molar-refractivity contribution in [1.82, 2.24) is 0 Å². The Hall–Kier alpha value is -4.60. The van der Waals surface area contributed by atoms with Crippen molar-refractivity contribution < 1.29 is 33.4 Å². The molecular weight excluding hydrogens is 442 g/mol. The molecule has 0 radical (unpaired) electrons. The normalized spacial score (nSPS) is 10.5. The van der Waals surface area contributed by atoms with Crippen LogP contribution in [0.1, 0.15) is 20.7 Å². The Morgan fingerprint density at radius 2 is 1.38 bits per heavy atom. The molecule has 34 heavy (non-hydrogen) atoms. The molecule has 3 aromatic carbocycles. The van der Waals surface area contributed by atoms with Gasteiger partial charge in [0, 0.05) is 0 Å². The average molecular weight is 465 g/mol. The highest BCUT2D eigenvalue weighted by Crippen LogP contribution is 2.38. The van der Waals surface area contributed by atoms with Crippen LogP contribution in [0.3, 0.4) is 0 Å². The lowest BCUT2D eigenvalue weighted by Crippen LogP contribution is -2.11. The van der Waals surface area contributed by atoms with Gasteiger partial charge in [-0.25, -0.2) is 10.3 Å². The number of nitrogens with zero attached hydrogens (tertiary/aromatic N) is 2. The van der Waals surface area contributed by atoms with Gasteiger partial charge in [0.1, 0.15) is 5.75 Å². The van der Waals surface area contributed by atoms with Gasteiger partial charge in [-0.2, -0.15) is 0 Å². The van der Waals surface area contributed by atoms with E-state index in [4.69, 9.17) is 23.8 Å². The summed E-state index contributed by atoms with van der Waals surface area (Å²) in [6.07, 6.45) is 0. The number of carbonyl (C=O) groups excluding carboxylic acids is 2. The van der Waals surface area contributed by atoms with Crippen molar-refractivity contribution in [3.05, 3.63) is 71.8 Å². The minimum Gasteiger partial charge on any atom is -0.496 e. The topological polar surface area (TPSA) is 117 Å². The number of anilines is 1. The number of azo groups is 1. The predicted molar refractivity (Wildman–Crippen MR) is 123 cm³/mol. The molecule has 0 bridgehead atoms. The summed E-state index contributed by atoms with van der Waals surface area (Å²) in [5, 5.41) is 7.67. The minimum atomic E-state index is -0.662. The lowest BCUT2D eigenvalue weighted by Gasteiger charge is -2.14. The van der Waals surface area contributed by atoms with Crippen molar-refractivity contribution in [2.24, 2.45) is 10.2 Å². The standard InChI is InChI=1S/C24H23N3O7/c1-30-19-8-6-5-7-18(19)23(28)26-25-16-9-11-17(12-10-16)27-34-24(29)15-13-20(31-2)22(33-4)21(14-15)32-3/h5-14,27H,1-4H3. The van der Waals surface area contributed by atoms with Gasteiger partial charge in [0.25, 0.3) is 5.91 Å². The van der Waals surface area contributed by atoms with Crippen LogP contribution in [-0.2, 0) is 4.84 Å². The fraction of sp³-hybridized carbons (Fsp3) is 0.167. The second-order valence-electron chi connectivity index (χ2n) is 6.66. The number of benzene rings is 3. The number of ether oxygens (including phenoxy) is 4. The number of hydrogen-bond acceptors (Lipinski definition) is 9. The van der Waals surface area contributed by atoms with E-state index in [0.29, 0.717) is 39.9 Å². The van der Waals surface area contributed by atoms with Crippen molar-refractivity contribution in [2.45, 2.75) is 0 Å². The number of carbonyl (C=O) groups is 2. The molecule has 10 nitrogen and oxygen atoms in total. The zero-order chi connectivity index (χ0) is 24.5. The highest BCUT2D eigenvalue weighted by Gasteiger charge is 2.18. The molecule has 3 rings (SSSR count). The van der Waals surface area contributed by atoms with Gasteiger partial charge in [0.2, 0.25) is 5.75 Å². The molecule has 0 aliphatic carbocycles. The molecule has 10 heteroatoms. The molecule has 3 aromatic rings. The van der Waals surface area contributed by atoms with Crippen molar-refractivity contribution in [1.29, 1.82) is 0 Å². The fourth-order valence-electron chi connectivity index (χ4n) is 2.94. The number of hydrogen-bond donors (Lipinski definition) is 1. The van der Waals surface area contributed by atoms with Gasteiger partial charge in [-0.1, -0.05) is 12.1 Å². The summed E-state index contributed by atoms with van der Waals surface area (Å²) < 4.78 is 20.9. The molecule has 0 saturated heterocycles. The highest BCUT2D eigenvalue weighted by molar-refractivity contribution is 5.97. The number of nitrogens with one attached hydrogen (secondary N) is 1. The Morgan fingerprint density at radius 3 is 1.97 bits per heavy atom. The Balaban J connectivity index is 1.63. The molecule has 0 fully saturated rings. The molecule has 0 spiro atoms.